The monoisotopic (exact) mass is 325 g/mol. The summed E-state index contributed by atoms with van der Waals surface area (Å²) in [6.07, 6.45) is 0. The molecular weight excluding hydrogens is 313 g/mol. The summed E-state index contributed by atoms with van der Waals surface area (Å²) in [6, 6.07) is 10.4. The zero-order chi connectivity index (χ0) is 15.4. The Morgan fingerprint density at radius 1 is 1.14 bits per heavy atom. The molecule has 2 aromatic carbocycles. The third-order valence-electron chi connectivity index (χ3n) is 2.97. The number of carbonyl (C=O) groups excluding carboxylic acids is 1. The van der Waals surface area contributed by atoms with Gasteiger partial charge in [0, 0.05) is 10.6 Å². The highest BCUT2D eigenvalue weighted by Gasteiger charge is 2.15. The molecule has 110 valence electrons. The number of phenols is 1. The number of carbonyl (C=O) groups is 1. The second-order valence-corrected chi connectivity index (χ2v) is 5.27. The molecule has 21 heavy (non-hydrogen) atoms. The van der Waals surface area contributed by atoms with Gasteiger partial charge in [-0.05, 0) is 35.9 Å². The van der Waals surface area contributed by atoms with Crippen LogP contribution in [-0.2, 0) is 0 Å². The van der Waals surface area contributed by atoms with Crippen LogP contribution in [0.2, 0.25) is 10.0 Å². The minimum atomic E-state index is -0.553. The summed E-state index contributed by atoms with van der Waals surface area (Å²) in [5.74, 6) is -0.490. The molecule has 0 spiro atoms. The molecular formula is C15H13Cl2NO3. The summed E-state index contributed by atoms with van der Waals surface area (Å²) in [7, 11) is 0. The van der Waals surface area contributed by atoms with E-state index in [9.17, 15) is 15.0 Å². The Morgan fingerprint density at radius 3 is 2.38 bits per heavy atom. The van der Waals surface area contributed by atoms with Crippen molar-refractivity contribution in [1.29, 1.82) is 0 Å². The predicted octanol–water partition coefficient (Wildman–Crippen LogP) is 3.16. The second kappa shape index (κ2) is 6.80. The number of nitrogens with one attached hydrogen (secondary N) is 1. The minimum absolute atomic E-state index is 0.0923. The van der Waals surface area contributed by atoms with Gasteiger partial charge in [0.05, 0.1) is 17.7 Å². The van der Waals surface area contributed by atoms with Crippen molar-refractivity contribution >= 4 is 29.1 Å². The topological polar surface area (TPSA) is 69.6 Å². The van der Waals surface area contributed by atoms with E-state index in [0.29, 0.717) is 10.6 Å². The first kappa shape index (κ1) is 15.6. The Kier molecular flexibility index (Phi) is 5.07. The number of aliphatic hydroxyl groups excluding tert-OH is 1. The molecule has 2 rings (SSSR count). The van der Waals surface area contributed by atoms with E-state index in [1.54, 1.807) is 24.3 Å². The van der Waals surface area contributed by atoms with Crippen molar-refractivity contribution in [2.75, 3.05) is 6.61 Å². The van der Waals surface area contributed by atoms with Crippen molar-refractivity contribution in [3.63, 3.8) is 0 Å². The standard InChI is InChI=1S/C15H13Cl2NO3/c16-11-4-1-9(2-5-11)13(8-19)18-15(21)10-3-6-14(20)12(17)7-10/h1-7,13,19-20H,8H2,(H,18,21). The van der Waals surface area contributed by atoms with Gasteiger partial charge in [-0.25, -0.2) is 0 Å². The van der Waals surface area contributed by atoms with Crippen molar-refractivity contribution in [3.05, 3.63) is 63.6 Å². The number of rotatable bonds is 4. The fourth-order valence-corrected chi connectivity index (χ4v) is 2.13. The van der Waals surface area contributed by atoms with Crippen LogP contribution in [0.4, 0.5) is 0 Å². The van der Waals surface area contributed by atoms with E-state index in [1.165, 1.54) is 18.2 Å². The SMILES string of the molecule is O=C(NC(CO)c1ccc(Cl)cc1)c1ccc(O)c(Cl)c1. The highest BCUT2D eigenvalue weighted by molar-refractivity contribution is 6.32. The number of benzene rings is 2. The summed E-state index contributed by atoms with van der Waals surface area (Å²) in [6.45, 7) is -0.251. The zero-order valence-corrected chi connectivity index (χ0v) is 12.4. The van der Waals surface area contributed by atoms with Gasteiger partial charge >= 0.3 is 0 Å². The molecule has 0 aromatic heterocycles. The molecule has 0 fully saturated rings. The van der Waals surface area contributed by atoms with Crippen LogP contribution in [0.1, 0.15) is 22.0 Å². The summed E-state index contributed by atoms with van der Waals surface area (Å²) in [4.78, 5) is 12.1. The van der Waals surface area contributed by atoms with E-state index < -0.39 is 11.9 Å². The van der Waals surface area contributed by atoms with Crippen LogP contribution in [0.15, 0.2) is 42.5 Å². The predicted molar refractivity (Wildman–Crippen MR) is 81.9 cm³/mol. The van der Waals surface area contributed by atoms with Crippen LogP contribution in [0, 0.1) is 0 Å². The van der Waals surface area contributed by atoms with Gasteiger partial charge in [0.25, 0.3) is 5.91 Å². The molecule has 3 N–H and O–H groups in total. The Balaban J connectivity index is 2.15. The highest BCUT2D eigenvalue weighted by Crippen LogP contribution is 2.24. The van der Waals surface area contributed by atoms with Crippen molar-refractivity contribution in [1.82, 2.24) is 5.32 Å². The van der Waals surface area contributed by atoms with Crippen LogP contribution in [0.25, 0.3) is 0 Å². The van der Waals surface area contributed by atoms with Crippen molar-refractivity contribution in [2.45, 2.75) is 6.04 Å². The van der Waals surface area contributed by atoms with Crippen molar-refractivity contribution in [2.24, 2.45) is 0 Å². The average Bonchev–Trinajstić information content (AvgIpc) is 2.48. The maximum absolute atomic E-state index is 12.1. The van der Waals surface area contributed by atoms with Gasteiger partial charge < -0.3 is 15.5 Å². The number of halogens is 2. The molecule has 4 nitrogen and oxygen atoms in total. The minimum Gasteiger partial charge on any atom is -0.506 e. The lowest BCUT2D eigenvalue weighted by molar-refractivity contribution is 0.0916. The third-order valence-corrected chi connectivity index (χ3v) is 3.52. The molecule has 0 heterocycles. The second-order valence-electron chi connectivity index (χ2n) is 4.43. The highest BCUT2D eigenvalue weighted by atomic mass is 35.5. The Hall–Kier alpha value is -1.75. The smallest absolute Gasteiger partial charge is 0.251 e. The third kappa shape index (κ3) is 3.88. The molecule has 0 saturated carbocycles. The van der Waals surface area contributed by atoms with Crippen LogP contribution in [-0.4, -0.2) is 22.7 Å². The fourth-order valence-electron chi connectivity index (χ4n) is 1.82. The van der Waals surface area contributed by atoms with Gasteiger partial charge in [-0.2, -0.15) is 0 Å². The molecule has 0 aliphatic rings. The van der Waals surface area contributed by atoms with Crippen LogP contribution in [0.5, 0.6) is 5.75 Å². The van der Waals surface area contributed by atoms with E-state index >= 15 is 0 Å². The van der Waals surface area contributed by atoms with Crippen molar-refractivity contribution in [3.8, 4) is 5.75 Å². The van der Waals surface area contributed by atoms with Crippen molar-refractivity contribution < 1.29 is 15.0 Å². The molecule has 0 aliphatic heterocycles. The van der Waals surface area contributed by atoms with Gasteiger partial charge in [-0.1, -0.05) is 35.3 Å². The van der Waals surface area contributed by atoms with Crippen LogP contribution in [0.3, 0.4) is 0 Å². The maximum atomic E-state index is 12.1. The Labute approximate surface area is 131 Å². The number of amides is 1. The van der Waals surface area contributed by atoms with Gasteiger partial charge in [0.15, 0.2) is 0 Å². The molecule has 0 bridgehead atoms. The Morgan fingerprint density at radius 2 is 1.81 bits per heavy atom. The number of aromatic hydroxyl groups is 1. The molecule has 1 atom stereocenters. The largest absolute Gasteiger partial charge is 0.506 e. The van der Waals surface area contributed by atoms with E-state index in [0.717, 1.165) is 5.56 Å². The Bertz CT molecular complexity index is 644. The molecule has 0 radical (unpaired) electrons. The van der Waals surface area contributed by atoms with E-state index in [-0.39, 0.29) is 17.4 Å². The average molecular weight is 326 g/mol. The molecule has 1 amide bonds. The van der Waals surface area contributed by atoms with Crippen LogP contribution < -0.4 is 5.32 Å². The zero-order valence-electron chi connectivity index (χ0n) is 10.9. The summed E-state index contributed by atoms with van der Waals surface area (Å²) >= 11 is 11.6. The van der Waals surface area contributed by atoms with Crippen LogP contribution >= 0.6 is 23.2 Å². The first-order valence-corrected chi connectivity index (χ1v) is 6.92. The van der Waals surface area contributed by atoms with E-state index in [4.69, 9.17) is 23.2 Å². The lowest BCUT2D eigenvalue weighted by Crippen LogP contribution is -2.30. The van der Waals surface area contributed by atoms with Gasteiger partial charge in [0.1, 0.15) is 5.75 Å². The fraction of sp³-hybridized carbons (Fsp3) is 0.133. The summed E-state index contributed by atoms with van der Waals surface area (Å²) < 4.78 is 0. The quantitative estimate of drug-likeness (QED) is 0.808. The van der Waals surface area contributed by atoms with Gasteiger partial charge in [-0.15, -0.1) is 0 Å². The molecule has 0 aliphatic carbocycles. The van der Waals surface area contributed by atoms with E-state index in [1.807, 2.05) is 0 Å². The maximum Gasteiger partial charge on any atom is 0.251 e. The molecule has 6 heteroatoms. The lowest BCUT2D eigenvalue weighted by atomic mass is 10.1. The lowest BCUT2D eigenvalue weighted by Gasteiger charge is -2.17. The first-order valence-electron chi connectivity index (χ1n) is 6.17. The molecule has 1 unspecified atom stereocenters. The van der Waals surface area contributed by atoms with Gasteiger partial charge in [0.2, 0.25) is 0 Å². The normalized spacial score (nSPS) is 12.0. The first-order chi connectivity index (χ1) is 10.0. The van der Waals surface area contributed by atoms with E-state index in [2.05, 4.69) is 5.32 Å². The molecule has 0 saturated heterocycles. The summed E-state index contributed by atoms with van der Waals surface area (Å²) in [5.41, 5.74) is 1.03. The number of aliphatic hydroxyl groups is 1. The number of phenolic OH excluding ortho intramolecular Hbond substituents is 1. The van der Waals surface area contributed by atoms with Gasteiger partial charge in [-0.3, -0.25) is 4.79 Å². The number of hydrogen-bond donors (Lipinski definition) is 3. The molecule has 2 aromatic rings. The number of hydrogen-bond acceptors (Lipinski definition) is 3. The summed E-state index contributed by atoms with van der Waals surface area (Å²) in [5, 5.41) is 22.1.